The summed E-state index contributed by atoms with van der Waals surface area (Å²) in [5.74, 6) is 0.521. The Balaban J connectivity index is 1.76. The standard InChI is InChI=1S/C21H25N3OS2/c1-3-23(4-2)14-15-24(20(25)16-26-17-10-6-5-7-11-17)21-22-18-12-8-9-13-19(18)27-21/h5-13H,3-4,14-16H2,1-2H3. The molecule has 4 nitrogen and oxygen atoms in total. The average Bonchev–Trinajstić information content (AvgIpc) is 3.14. The van der Waals surface area contributed by atoms with Crippen molar-refractivity contribution in [2.24, 2.45) is 0 Å². The molecular weight excluding hydrogens is 374 g/mol. The van der Waals surface area contributed by atoms with Gasteiger partial charge in [-0.15, -0.1) is 11.8 Å². The summed E-state index contributed by atoms with van der Waals surface area (Å²) in [6, 6.07) is 18.1. The second-order valence-corrected chi connectivity index (χ2v) is 8.20. The highest BCUT2D eigenvalue weighted by atomic mass is 32.2. The van der Waals surface area contributed by atoms with Crippen LogP contribution in [0.4, 0.5) is 5.13 Å². The van der Waals surface area contributed by atoms with Gasteiger partial charge in [0.1, 0.15) is 0 Å². The van der Waals surface area contributed by atoms with Gasteiger partial charge in [0.25, 0.3) is 0 Å². The van der Waals surface area contributed by atoms with Crippen LogP contribution >= 0.6 is 23.1 Å². The summed E-state index contributed by atoms with van der Waals surface area (Å²) in [4.78, 5) is 23.1. The Morgan fingerprint density at radius 3 is 2.41 bits per heavy atom. The second kappa shape index (κ2) is 9.88. The molecule has 3 aromatic rings. The summed E-state index contributed by atoms with van der Waals surface area (Å²) < 4.78 is 1.11. The number of likely N-dealkylation sites (N-methyl/N-ethyl adjacent to an activating group) is 1. The molecule has 0 aliphatic carbocycles. The largest absolute Gasteiger partial charge is 0.302 e. The van der Waals surface area contributed by atoms with E-state index in [1.165, 1.54) is 0 Å². The van der Waals surface area contributed by atoms with Crippen molar-refractivity contribution in [3.8, 4) is 0 Å². The van der Waals surface area contributed by atoms with Crippen LogP contribution in [0.15, 0.2) is 59.5 Å². The number of benzene rings is 2. The lowest BCUT2D eigenvalue weighted by molar-refractivity contribution is -0.116. The molecule has 2 aromatic carbocycles. The third-order valence-electron chi connectivity index (χ3n) is 4.45. The van der Waals surface area contributed by atoms with E-state index >= 15 is 0 Å². The fourth-order valence-electron chi connectivity index (χ4n) is 2.82. The molecule has 0 atom stereocenters. The van der Waals surface area contributed by atoms with Gasteiger partial charge in [-0.25, -0.2) is 4.98 Å². The zero-order valence-corrected chi connectivity index (χ0v) is 17.4. The average molecular weight is 400 g/mol. The Kier molecular flexibility index (Phi) is 7.26. The molecule has 0 radical (unpaired) electrons. The molecule has 6 heteroatoms. The van der Waals surface area contributed by atoms with Crippen molar-refractivity contribution in [1.82, 2.24) is 9.88 Å². The Morgan fingerprint density at radius 2 is 1.70 bits per heavy atom. The Hall–Kier alpha value is -1.89. The molecule has 0 unspecified atom stereocenters. The van der Waals surface area contributed by atoms with Gasteiger partial charge in [0.15, 0.2) is 5.13 Å². The van der Waals surface area contributed by atoms with Gasteiger partial charge >= 0.3 is 0 Å². The zero-order valence-electron chi connectivity index (χ0n) is 15.8. The number of nitrogens with zero attached hydrogens (tertiary/aromatic N) is 3. The number of para-hydroxylation sites is 1. The van der Waals surface area contributed by atoms with Crippen LogP contribution in [0.5, 0.6) is 0 Å². The molecule has 0 aliphatic rings. The lowest BCUT2D eigenvalue weighted by Crippen LogP contribution is -2.39. The molecule has 27 heavy (non-hydrogen) atoms. The molecule has 0 saturated carbocycles. The lowest BCUT2D eigenvalue weighted by atomic mass is 10.3. The van der Waals surface area contributed by atoms with E-state index in [4.69, 9.17) is 4.98 Å². The van der Waals surface area contributed by atoms with Crippen molar-refractivity contribution in [3.63, 3.8) is 0 Å². The number of amides is 1. The van der Waals surface area contributed by atoms with Crippen LogP contribution in [-0.2, 0) is 4.79 Å². The molecular formula is C21H25N3OS2. The number of aromatic nitrogens is 1. The van der Waals surface area contributed by atoms with Crippen LogP contribution in [0, 0.1) is 0 Å². The number of carbonyl (C=O) groups excluding carboxylic acids is 1. The maximum atomic E-state index is 13.0. The van der Waals surface area contributed by atoms with Gasteiger partial charge in [-0.1, -0.05) is 55.5 Å². The molecule has 0 saturated heterocycles. The summed E-state index contributed by atoms with van der Waals surface area (Å²) >= 11 is 3.16. The summed E-state index contributed by atoms with van der Waals surface area (Å²) in [7, 11) is 0. The summed E-state index contributed by atoms with van der Waals surface area (Å²) in [5.41, 5.74) is 0.953. The van der Waals surface area contributed by atoms with E-state index in [0.717, 1.165) is 39.9 Å². The maximum absolute atomic E-state index is 13.0. The van der Waals surface area contributed by atoms with E-state index in [-0.39, 0.29) is 5.91 Å². The van der Waals surface area contributed by atoms with Gasteiger partial charge in [-0.3, -0.25) is 9.69 Å². The van der Waals surface area contributed by atoms with Crippen LogP contribution in [0.1, 0.15) is 13.8 Å². The molecule has 1 heterocycles. The highest BCUT2D eigenvalue weighted by Gasteiger charge is 2.20. The van der Waals surface area contributed by atoms with Crippen molar-refractivity contribution < 1.29 is 4.79 Å². The SMILES string of the molecule is CCN(CC)CCN(C(=O)CSc1ccccc1)c1nc2ccccc2s1. The third-order valence-corrected chi connectivity index (χ3v) is 6.51. The van der Waals surface area contributed by atoms with E-state index in [2.05, 4.69) is 24.8 Å². The molecule has 0 spiro atoms. The molecule has 0 fully saturated rings. The van der Waals surface area contributed by atoms with Gasteiger partial charge < -0.3 is 4.90 Å². The minimum atomic E-state index is 0.107. The second-order valence-electron chi connectivity index (χ2n) is 6.14. The Labute approximate surface area is 169 Å². The third kappa shape index (κ3) is 5.31. The topological polar surface area (TPSA) is 36.4 Å². The predicted molar refractivity (Wildman–Crippen MR) is 117 cm³/mol. The first kappa shape index (κ1) is 19.9. The van der Waals surface area contributed by atoms with Crippen LogP contribution in [0.3, 0.4) is 0 Å². The van der Waals surface area contributed by atoms with Crippen LogP contribution < -0.4 is 4.90 Å². The first-order chi connectivity index (χ1) is 13.2. The minimum absolute atomic E-state index is 0.107. The number of thiazole rings is 1. The van der Waals surface area contributed by atoms with Crippen molar-refractivity contribution >= 4 is 44.4 Å². The number of carbonyl (C=O) groups is 1. The van der Waals surface area contributed by atoms with Crippen molar-refractivity contribution in [2.75, 3.05) is 36.8 Å². The normalized spacial score (nSPS) is 11.2. The smallest absolute Gasteiger partial charge is 0.239 e. The minimum Gasteiger partial charge on any atom is -0.302 e. The molecule has 1 aromatic heterocycles. The molecule has 1 amide bonds. The first-order valence-electron chi connectivity index (χ1n) is 9.27. The summed E-state index contributed by atoms with van der Waals surface area (Å²) in [6.07, 6.45) is 0. The molecule has 0 N–H and O–H groups in total. The number of anilines is 1. The van der Waals surface area contributed by atoms with Gasteiger partial charge in [0.2, 0.25) is 5.91 Å². The van der Waals surface area contributed by atoms with Gasteiger partial charge in [0.05, 0.1) is 16.0 Å². The predicted octanol–water partition coefficient (Wildman–Crippen LogP) is 4.76. The molecule has 0 bridgehead atoms. The Bertz CT molecular complexity index is 829. The van der Waals surface area contributed by atoms with Crippen LogP contribution in [-0.4, -0.2) is 47.7 Å². The van der Waals surface area contributed by atoms with Gasteiger partial charge in [-0.05, 0) is 37.4 Å². The molecule has 3 rings (SSSR count). The van der Waals surface area contributed by atoms with Crippen molar-refractivity contribution in [3.05, 3.63) is 54.6 Å². The zero-order chi connectivity index (χ0) is 19.1. The highest BCUT2D eigenvalue weighted by molar-refractivity contribution is 8.00. The fourth-order valence-corrected chi connectivity index (χ4v) is 4.63. The Morgan fingerprint density at radius 1 is 1.00 bits per heavy atom. The van der Waals surface area contributed by atoms with E-state index in [0.29, 0.717) is 12.3 Å². The summed E-state index contributed by atoms with van der Waals surface area (Å²) in [5, 5.41) is 0.794. The lowest BCUT2D eigenvalue weighted by Gasteiger charge is -2.24. The van der Waals surface area contributed by atoms with E-state index in [1.807, 2.05) is 53.4 Å². The van der Waals surface area contributed by atoms with Crippen molar-refractivity contribution in [2.45, 2.75) is 18.7 Å². The van der Waals surface area contributed by atoms with Crippen molar-refractivity contribution in [1.29, 1.82) is 0 Å². The molecule has 0 aliphatic heterocycles. The van der Waals surface area contributed by atoms with Gasteiger partial charge in [-0.2, -0.15) is 0 Å². The number of fused-ring (bicyclic) bond motifs is 1. The summed E-state index contributed by atoms with van der Waals surface area (Å²) in [6.45, 7) is 7.78. The van der Waals surface area contributed by atoms with E-state index < -0.39 is 0 Å². The highest BCUT2D eigenvalue weighted by Crippen LogP contribution is 2.29. The number of hydrogen-bond donors (Lipinski definition) is 0. The van der Waals surface area contributed by atoms with Gasteiger partial charge in [0, 0.05) is 18.0 Å². The van der Waals surface area contributed by atoms with Crippen LogP contribution in [0.25, 0.3) is 10.2 Å². The van der Waals surface area contributed by atoms with E-state index in [9.17, 15) is 4.79 Å². The first-order valence-corrected chi connectivity index (χ1v) is 11.1. The van der Waals surface area contributed by atoms with E-state index in [1.54, 1.807) is 23.1 Å². The number of thioether (sulfide) groups is 1. The monoisotopic (exact) mass is 399 g/mol. The molecule has 142 valence electrons. The fraction of sp³-hybridized carbons (Fsp3) is 0.333. The number of rotatable bonds is 9. The number of hydrogen-bond acceptors (Lipinski definition) is 5. The maximum Gasteiger partial charge on any atom is 0.239 e. The van der Waals surface area contributed by atoms with Crippen LogP contribution in [0.2, 0.25) is 0 Å². The quantitative estimate of drug-likeness (QED) is 0.486.